The Balaban J connectivity index is 1.87. The molecule has 0 aliphatic carbocycles. The molecule has 1 heterocycles. The molecule has 2 aromatic rings. The Kier molecular flexibility index (Phi) is 4.87. The first-order valence-corrected chi connectivity index (χ1v) is 6.01. The molecular formula is C13H18N4O. The largest absolute Gasteiger partial charge is 0.383 e. The zero-order valence-electron chi connectivity index (χ0n) is 10.5. The number of hydrogen-bond acceptors (Lipinski definition) is 4. The average molecular weight is 246 g/mol. The maximum Gasteiger partial charge on any atom is 0.0692 e. The lowest BCUT2D eigenvalue weighted by atomic mass is 10.1. The summed E-state index contributed by atoms with van der Waals surface area (Å²) in [6, 6.07) is 10.5. The van der Waals surface area contributed by atoms with Crippen molar-refractivity contribution < 1.29 is 4.74 Å². The molecule has 1 aromatic heterocycles. The zero-order valence-corrected chi connectivity index (χ0v) is 10.5. The van der Waals surface area contributed by atoms with Gasteiger partial charge in [-0.1, -0.05) is 35.5 Å². The minimum Gasteiger partial charge on any atom is -0.383 e. The van der Waals surface area contributed by atoms with Crippen LogP contribution in [0.2, 0.25) is 0 Å². The third-order valence-corrected chi connectivity index (χ3v) is 2.74. The van der Waals surface area contributed by atoms with Gasteiger partial charge in [0, 0.05) is 19.9 Å². The molecule has 2 rings (SSSR count). The lowest BCUT2D eigenvalue weighted by Gasteiger charge is -2.18. The first-order valence-electron chi connectivity index (χ1n) is 6.01. The second-order valence-corrected chi connectivity index (χ2v) is 4.04. The van der Waals surface area contributed by atoms with Crippen molar-refractivity contribution in [1.29, 1.82) is 0 Å². The van der Waals surface area contributed by atoms with Crippen LogP contribution in [0.1, 0.15) is 11.6 Å². The predicted octanol–water partition coefficient (Wildman–Crippen LogP) is 1.26. The van der Waals surface area contributed by atoms with Crippen molar-refractivity contribution >= 4 is 0 Å². The molecule has 0 aliphatic heterocycles. The van der Waals surface area contributed by atoms with Gasteiger partial charge in [0.25, 0.3) is 0 Å². The van der Waals surface area contributed by atoms with Gasteiger partial charge in [-0.05, 0) is 5.56 Å². The summed E-state index contributed by atoms with van der Waals surface area (Å²) in [7, 11) is 1.72. The van der Waals surface area contributed by atoms with E-state index in [4.69, 9.17) is 4.74 Å². The molecule has 5 nitrogen and oxygen atoms in total. The minimum absolute atomic E-state index is 0.208. The second kappa shape index (κ2) is 6.88. The van der Waals surface area contributed by atoms with Crippen LogP contribution in [0.4, 0.5) is 0 Å². The normalized spacial score (nSPS) is 12.5. The molecule has 1 N–H and O–H groups in total. The summed E-state index contributed by atoms with van der Waals surface area (Å²) in [5.41, 5.74) is 1.23. The summed E-state index contributed by atoms with van der Waals surface area (Å²) in [6.45, 7) is 2.28. The molecule has 0 spiro atoms. The van der Waals surface area contributed by atoms with Crippen molar-refractivity contribution in [2.24, 2.45) is 0 Å². The monoisotopic (exact) mass is 246 g/mol. The van der Waals surface area contributed by atoms with Crippen molar-refractivity contribution in [3.8, 4) is 0 Å². The zero-order chi connectivity index (χ0) is 12.6. The summed E-state index contributed by atoms with van der Waals surface area (Å²) in [5.74, 6) is 0. The molecule has 0 radical (unpaired) electrons. The highest BCUT2D eigenvalue weighted by molar-refractivity contribution is 5.18. The molecule has 96 valence electrons. The number of nitrogens with one attached hydrogen (secondary N) is 1. The highest BCUT2D eigenvalue weighted by atomic mass is 16.5. The molecule has 1 atom stereocenters. The molecular weight excluding hydrogens is 228 g/mol. The summed E-state index contributed by atoms with van der Waals surface area (Å²) in [5, 5.41) is 11.2. The first kappa shape index (κ1) is 12.7. The smallest absolute Gasteiger partial charge is 0.0692 e. The molecule has 18 heavy (non-hydrogen) atoms. The summed E-state index contributed by atoms with van der Waals surface area (Å²) >= 11 is 0. The van der Waals surface area contributed by atoms with Crippen LogP contribution in [0, 0.1) is 0 Å². The van der Waals surface area contributed by atoms with E-state index in [1.807, 2.05) is 29.1 Å². The lowest BCUT2D eigenvalue weighted by molar-refractivity contribution is 0.166. The van der Waals surface area contributed by atoms with E-state index in [-0.39, 0.29) is 6.04 Å². The Morgan fingerprint density at radius 1 is 1.33 bits per heavy atom. The fourth-order valence-corrected chi connectivity index (χ4v) is 1.83. The topological polar surface area (TPSA) is 52.0 Å². The van der Waals surface area contributed by atoms with Crippen molar-refractivity contribution in [1.82, 2.24) is 20.3 Å². The van der Waals surface area contributed by atoms with Crippen LogP contribution < -0.4 is 5.32 Å². The molecule has 0 saturated carbocycles. The summed E-state index contributed by atoms with van der Waals surface area (Å²) in [4.78, 5) is 0. The molecule has 5 heteroatoms. The fraction of sp³-hybridized carbons (Fsp3) is 0.385. The number of aromatic nitrogens is 3. The third-order valence-electron chi connectivity index (χ3n) is 2.74. The van der Waals surface area contributed by atoms with Crippen LogP contribution in [-0.4, -0.2) is 35.3 Å². The molecule has 0 bridgehead atoms. The van der Waals surface area contributed by atoms with Crippen molar-refractivity contribution in [2.45, 2.75) is 12.6 Å². The number of methoxy groups -OCH3 is 1. The third kappa shape index (κ3) is 3.65. The Bertz CT molecular complexity index is 430. The summed E-state index contributed by atoms with van der Waals surface area (Å²) < 4.78 is 7.06. The highest BCUT2D eigenvalue weighted by Gasteiger charge is 2.09. The molecule has 0 amide bonds. The molecule has 0 aliphatic rings. The number of ether oxygens (including phenoxy) is 1. The Hall–Kier alpha value is -1.72. The van der Waals surface area contributed by atoms with Crippen LogP contribution in [0.5, 0.6) is 0 Å². The van der Waals surface area contributed by atoms with Crippen LogP contribution >= 0.6 is 0 Å². The maximum atomic E-state index is 5.25. The van der Waals surface area contributed by atoms with Gasteiger partial charge in [-0.3, -0.25) is 4.68 Å². The standard InChI is InChI=1S/C13H18N4O/c1-18-11-13(12-5-3-2-4-6-12)14-7-9-17-10-8-15-16-17/h2-6,8,10,13-14H,7,9,11H2,1H3. The van der Waals surface area contributed by atoms with E-state index in [2.05, 4.69) is 27.8 Å². The van der Waals surface area contributed by atoms with E-state index < -0.39 is 0 Å². The van der Waals surface area contributed by atoms with Gasteiger partial charge >= 0.3 is 0 Å². The van der Waals surface area contributed by atoms with Crippen molar-refractivity contribution in [2.75, 3.05) is 20.3 Å². The Labute approximate surface area is 107 Å². The lowest BCUT2D eigenvalue weighted by Crippen LogP contribution is -2.28. The van der Waals surface area contributed by atoms with Gasteiger partial charge < -0.3 is 10.1 Å². The van der Waals surface area contributed by atoms with E-state index in [1.54, 1.807) is 13.3 Å². The van der Waals surface area contributed by atoms with E-state index in [9.17, 15) is 0 Å². The second-order valence-electron chi connectivity index (χ2n) is 4.04. The number of rotatable bonds is 7. The van der Waals surface area contributed by atoms with Gasteiger partial charge in [0.05, 0.1) is 25.4 Å². The van der Waals surface area contributed by atoms with Crippen molar-refractivity contribution in [3.05, 3.63) is 48.3 Å². The maximum absolute atomic E-state index is 5.25. The number of hydrogen-bond donors (Lipinski definition) is 1. The highest BCUT2D eigenvalue weighted by Crippen LogP contribution is 2.12. The van der Waals surface area contributed by atoms with E-state index in [1.165, 1.54) is 5.56 Å². The average Bonchev–Trinajstić information content (AvgIpc) is 2.92. The Morgan fingerprint density at radius 3 is 2.83 bits per heavy atom. The van der Waals surface area contributed by atoms with E-state index in [0.717, 1.165) is 13.1 Å². The van der Waals surface area contributed by atoms with Gasteiger partial charge in [0.15, 0.2) is 0 Å². The minimum atomic E-state index is 0.208. The van der Waals surface area contributed by atoms with Gasteiger partial charge in [-0.25, -0.2) is 0 Å². The van der Waals surface area contributed by atoms with Crippen LogP contribution in [0.15, 0.2) is 42.7 Å². The SMILES string of the molecule is COCC(NCCn1ccnn1)c1ccccc1. The number of nitrogens with zero attached hydrogens (tertiary/aromatic N) is 3. The van der Waals surface area contributed by atoms with Gasteiger partial charge in [-0.15, -0.1) is 5.10 Å². The Morgan fingerprint density at radius 2 is 2.17 bits per heavy atom. The van der Waals surface area contributed by atoms with E-state index in [0.29, 0.717) is 6.61 Å². The first-order chi connectivity index (χ1) is 8.90. The molecule has 0 fully saturated rings. The van der Waals surface area contributed by atoms with Crippen molar-refractivity contribution in [3.63, 3.8) is 0 Å². The summed E-state index contributed by atoms with van der Waals surface area (Å²) in [6.07, 6.45) is 3.54. The van der Waals surface area contributed by atoms with Crippen LogP contribution in [0.3, 0.4) is 0 Å². The van der Waals surface area contributed by atoms with Gasteiger partial charge in [0.1, 0.15) is 0 Å². The number of benzene rings is 1. The molecule has 1 aromatic carbocycles. The van der Waals surface area contributed by atoms with Gasteiger partial charge in [-0.2, -0.15) is 0 Å². The van der Waals surface area contributed by atoms with Gasteiger partial charge in [0.2, 0.25) is 0 Å². The predicted molar refractivity (Wildman–Crippen MR) is 69.1 cm³/mol. The van der Waals surface area contributed by atoms with Crippen LogP contribution in [-0.2, 0) is 11.3 Å². The molecule has 0 saturated heterocycles. The van der Waals surface area contributed by atoms with E-state index >= 15 is 0 Å². The van der Waals surface area contributed by atoms with Crippen LogP contribution in [0.25, 0.3) is 0 Å². The fourth-order valence-electron chi connectivity index (χ4n) is 1.83. The quantitative estimate of drug-likeness (QED) is 0.799. The molecule has 1 unspecified atom stereocenters.